The summed E-state index contributed by atoms with van der Waals surface area (Å²) in [5.41, 5.74) is 11.9. The molecule has 7 N–H and O–H groups in total. The van der Waals surface area contributed by atoms with Gasteiger partial charge in [0.05, 0.1) is 6.54 Å². The Bertz CT molecular complexity index is 839. The average molecular weight is 330 g/mol. The van der Waals surface area contributed by atoms with Crippen molar-refractivity contribution in [3.63, 3.8) is 0 Å². The summed E-state index contributed by atoms with van der Waals surface area (Å²) in [6.45, 7) is 3.61. The fraction of sp³-hybridized carbons (Fsp3) is 0.200. The molecule has 0 spiro atoms. The van der Waals surface area contributed by atoms with Crippen LogP contribution < -0.4 is 27.7 Å². The number of carbonyl (C=O) groups excluding carboxylic acids is 2. The number of anilines is 3. The van der Waals surface area contributed by atoms with E-state index in [4.69, 9.17) is 11.5 Å². The van der Waals surface area contributed by atoms with Crippen LogP contribution in [0.3, 0.4) is 0 Å². The van der Waals surface area contributed by atoms with E-state index in [9.17, 15) is 14.4 Å². The fourth-order valence-electron chi connectivity index (χ4n) is 2.23. The van der Waals surface area contributed by atoms with Gasteiger partial charge >= 0.3 is 0 Å². The highest BCUT2D eigenvalue weighted by molar-refractivity contribution is 5.98. The molecule has 1 heterocycles. The molecular formula is C15H18N6O3. The lowest BCUT2D eigenvalue weighted by atomic mass is 10.1. The van der Waals surface area contributed by atoms with Gasteiger partial charge in [-0.2, -0.15) is 4.98 Å². The van der Waals surface area contributed by atoms with Crippen LogP contribution in [0.15, 0.2) is 23.0 Å². The van der Waals surface area contributed by atoms with Gasteiger partial charge in [0, 0.05) is 5.69 Å². The molecule has 0 radical (unpaired) electrons. The molecule has 0 unspecified atom stereocenters. The Morgan fingerprint density at radius 1 is 1.17 bits per heavy atom. The Balaban J connectivity index is 2.46. The van der Waals surface area contributed by atoms with Gasteiger partial charge in [-0.25, -0.2) is 0 Å². The first-order valence-electron chi connectivity index (χ1n) is 7.08. The van der Waals surface area contributed by atoms with Gasteiger partial charge in [-0.05, 0) is 37.1 Å². The van der Waals surface area contributed by atoms with Crippen LogP contribution in [-0.4, -0.2) is 28.3 Å². The highest BCUT2D eigenvalue weighted by atomic mass is 16.2. The number of nitrogens with zero attached hydrogens (tertiary/aromatic N) is 1. The van der Waals surface area contributed by atoms with Crippen LogP contribution in [0, 0.1) is 13.8 Å². The van der Waals surface area contributed by atoms with Crippen LogP contribution in [0.4, 0.5) is 17.5 Å². The first-order chi connectivity index (χ1) is 11.3. The molecule has 0 aliphatic heterocycles. The van der Waals surface area contributed by atoms with Crippen molar-refractivity contribution in [2.75, 3.05) is 17.2 Å². The summed E-state index contributed by atoms with van der Waals surface area (Å²) in [6, 6.07) is 5.64. The Kier molecular flexibility index (Phi) is 4.83. The molecular weight excluding hydrogens is 312 g/mol. The van der Waals surface area contributed by atoms with Crippen LogP contribution in [0.5, 0.6) is 0 Å². The Morgan fingerprint density at radius 3 is 2.33 bits per heavy atom. The third-order valence-electron chi connectivity index (χ3n) is 3.08. The summed E-state index contributed by atoms with van der Waals surface area (Å²) in [6.07, 6.45) is 0. The van der Waals surface area contributed by atoms with E-state index in [-0.39, 0.29) is 23.9 Å². The maximum absolute atomic E-state index is 12.1. The molecule has 1 aromatic carbocycles. The van der Waals surface area contributed by atoms with Crippen LogP contribution in [-0.2, 0) is 4.79 Å². The highest BCUT2D eigenvalue weighted by Crippen LogP contribution is 2.20. The molecule has 0 aliphatic rings. The van der Waals surface area contributed by atoms with Crippen molar-refractivity contribution in [2.45, 2.75) is 13.8 Å². The standard InChI is InChI=1S/C15H18N6O3/c1-7-3-8(2)5-9(4-7)19-13-11(12(17)23)14(24)21-15(20-13)18-6-10(16)22/h3-5H,6H2,1-2H3,(H2,16,22)(H2,17,23)(H3,18,19,20,21,24). The van der Waals surface area contributed by atoms with E-state index in [0.717, 1.165) is 11.1 Å². The van der Waals surface area contributed by atoms with E-state index < -0.39 is 17.4 Å². The number of nitrogens with one attached hydrogen (secondary N) is 3. The van der Waals surface area contributed by atoms with Gasteiger partial charge in [0.1, 0.15) is 5.56 Å². The molecule has 0 fully saturated rings. The Morgan fingerprint density at radius 2 is 1.79 bits per heavy atom. The van der Waals surface area contributed by atoms with Gasteiger partial charge in [0.15, 0.2) is 5.82 Å². The summed E-state index contributed by atoms with van der Waals surface area (Å²) in [7, 11) is 0. The monoisotopic (exact) mass is 330 g/mol. The number of rotatable bonds is 6. The summed E-state index contributed by atoms with van der Waals surface area (Å²) < 4.78 is 0. The molecule has 2 aromatic rings. The summed E-state index contributed by atoms with van der Waals surface area (Å²) in [4.78, 5) is 40.9. The minimum atomic E-state index is -0.919. The normalized spacial score (nSPS) is 10.2. The topological polar surface area (TPSA) is 156 Å². The molecule has 1 aromatic heterocycles. The molecule has 9 nitrogen and oxygen atoms in total. The molecule has 0 saturated heterocycles. The third-order valence-corrected chi connectivity index (χ3v) is 3.08. The lowest BCUT2D eigenvalue weighted by molar-refractivity contribution is -0.116. The van der Waals surface area contributed by atoms with Crippen LogP contribution in [0.25, 0.3) is 0 Å². The molecule has 0 bridgehead atoms. The molecule has 0 saturated carbocycles. The molecule has 2 amide bonds. The highest BCUT2D eigenvalue weighted by Gasteiger charge is 2.17. The van der Waals surface area contributed by atoms with E-state index in [0.29, 0.717) is 5.69 Å². The number of aryl methyl sites for hydroxylation is 2. The maximum Gasteiger partial charge on any atom is 0.267 e. The van der Waals surface area contributed by atoms with Gasteiger partial charge in [-0.3, -0.25) is 19.4 Å². The van der Waals surface area contributed by atoms with Crippen molar-refractivity contribution in [1.29, 1.82) is 0 Å². The van der Waals surface area contributed by atoms with Gasteiger partial charge in [-0.15, -0.1) is 0 Å². The lowest BCUT2D eigenvalue weighted by Crippen LogP contribution is -2.29. The number of hydrogen-bond donors (Lipinski definition) is 5. The predicted molar refractivity (Wildman–Crippen MR) is 90.3 cm³/mol. The zero-order chi connectivity index (χ0) is 17.9. The average Bonchev–Trinajstić information content (AvgIpc) is 2.43. The zero-order valence-electron chi connectivity index (χ0n) is 13.3. The summed E-state index contributed by atoms with van der Waals surface area (Å²) in [5.74, 6) is -1.56. The molecule has 126 valence electrons. The van der Waals surface area contributed by atoms with E-state index in [1.54, 1.807) is 0 Å². The predicted octanol–water partition coefficient (Wildman–Crippen LogP) is 0.126. The number of nitrogens with two attached hydrogens (primary N) is 2. The molecule has 2 rings (SSSR count). The van der Waals surface area contributed by atoms with Crippen molar-refractivity contribution in [1.82, 2.24) is 9.97 Å². The number of H-pyrrole nitrogens is 1. The van der Waals surface area contributed by atoms with Crippen LogP contribution in [0.2, 0.25) is 0 Å². The third kappa shape index (κ3) is 4.09. The first kappa shape index (κ1) is 17.0. The number of benzene rings is 1. The zero-order valence-corrected chi connectivity index (χ0v) is 13.3. The molecule has 0 atom stereocenters. The van der Waals surface area contributed by atoms with E-state index in [1.807, 2.05) is 32.0 Å². The van der Waals surface area contributed by atoms with Crippen molar-refractivity contribution in [2.24, 2.45) is 11.5 Å². The maximum atomic E-state index is 12.1. The first-order valence-corrected chi connectivity index (χ1v) is 7.08. The second-order valence-electron chi connectivity index (χ2n) is 5.32. The molecule has 24 heavy (non-hydrogen) atoms. The van der Waals surface area contributed by atoms with Crippen LogP contribution >= 0.6 is 0 Å². The fourth-order valence-corrected chi connectivity index (χ4v) is 2.23. The smallest absolute Gasteiger partial charge is 0.267 e. The number of hydrogen-bond acceptors (Lipinski definition) is 6. The van der Waals surface area contributed by atoms with Crippen molar-refractivity contribution >= 4 is 29.3 Å². The van der Waals surface area contributed by atoms with Crippen molar-refractivity contribution < 1.29 is 9.59 Å². The quantitative estimate of drug-likeness (QED) is 0.506. The Hall–Kier alpha value is -3.36. The number of aromatic nitrogens is 2. The SMILES string of the molecule is Cc1cc(C)cc(Nc2nc(NCC(N)=O)[nH]c(=O)c2C(N)=O)c1. The van der Waals surface area contributed by atoms with Crippen molar-refractivity contribution in [3.8, 4) is 0 Å². The summed E-state index contributed by atoms with van der Waals surface area (Å²) >= 11 is 0. The van der Waals surface area contributed by atoms with E-state index in [2.05, 4.69) is 20.6 Å². The van der Waals surface area contributed by atoms with E-state index >= 15 is 0 Å². The van der Waals surface area contributed by atoms with Gasteiger partial charge < -0.3 is 22.1 Å². The van der Waals surface area contributed by atoms with Gasteiger partial charge in [0.2, 0.25) is 11.9 Å². The second-order valence-corrected chi connectivity index (χ2v) is 5.32. The minimum Gasteiger partial charge on any atom is -0.368 e. The van der Waals surface area contributed by atoms with Gasteiger partial charge in [0.25, 0.3) is 11.5 Å². The minimum absolute atomic E-state index is 0.00400. The van der Waals surface area contributed by atoms with Crippen molar-refractivity contribution in [3.05, 3.63) is 45.2 Å². The summed E-state index contributed by atoms with van der Waals surface area (Å²) in [5, 5.41) is 5.48. The lowest BCUT2D eigenvalue weighted by Gasteiger charge is -2.12. The number of carbonyl (C=O) groups is 2. The second kappa shape index (κ2) is 6.82. The number of aromatic amines is 1. The Labute approximate surface area is 137 Å². The van der Waals surface area contributed by atoms with Crippen LogP contribution in [0.1, 0.15) is 21.5 Å². The molecule has 0 aliphatic carbocycles. The van der Waals surface area contributed by atoms with Gasteiger partial charge in [-0.1, -0.05) is 6.07 Å². The van der Waals surface area contributed by atoms with E-state index in [1.165, 1.54) is 0 Å². The largest absolute Gasteiger partial charge is 0.368 e. The number of amides is 2. The number of primary amides is 2. The molecule has 9 heteroatoms.